The van der Waals surface area contributed by atoms with E-state index in [0.29, 0.717) is 5.75 Å². The Hall–Kier alpha value is -1.09. The maximum absolute atomic E-state index is 10.8. The third kappa shape index (κ3) is 2.55. The lowest BCUT2D eigenvalue weighted by molar-refractivity contribution is 0.571. The first kappa shape index (κ1) is 8.01. The van der Waals surface area contributed by atoms with Gasteiger partial charge >= 0.3 is 0 Å². The zero-order valence-electron chi connectivity index (χ0n) is 5.90. The first-order valence-electron chi connectivity index (χ1n) is 3.09. The highest BCUT2D eigenvalue weighted by Gasteiger charge is 1.93. The Balaban J connectivity index is 2.65. The average molecular weight is 168 g/mol. The van der Waals surface area contributed by atoms with E-state index in [1.807, 2.05) is 18.2 Å². The zero-order valence-corrected chi connectivity index (χ0v) is 6.71. The molecule has 0 fully saturated rings. The van der Waals surface area contributed by atoms with Crippen LogP contribution in [0.4, 0.5) is 0 Å². The van der Waals surface area contributed by atoms with Gasteiger partial charge in [-0.1, -0.05) is 24.8 Å². The van der Waals surface area contributed by atoms with Gasteiger partial charge < -0.3 is 4.18 Å². The lowest BCUT2D eigenvalue weighted by atomic mass is 10.3. The highest BCUT2D eigenvalue weighted by Crippen LogP contribution is 2.09. The van der Waals surface area contributed by atoms with Gasteiger partial charge in [0.15, 0.2) is 0 Å². The van der Waals surface area contributed by atoms with Crippen molar-refractivity contribution in [2.24, 2.45) is 0 Å². The van der Waals surface area contributed by atoms with Crippen LogP contribution in [0.25, 0.3) is 0 Å². The molecular formula is C8H8O2S. The van der Waals surface area contributed by atoms with Crippen molar-refractivity contribution in [2.75, 3.05) is 0 Å². The van der Waals surface area contributed by atoms with Gasteiger partial charge in [0, 0.05) is 5.41 Å². The first-order chi connectivity index (χ1) is 5.33. The molecule has 1 aromatic rings. The summed E-state index contributed by atoms with van der Waals surface area (Å²) < 4.78 is 15.7. The van der Waals surface area contributed by atoms with Crippen LogP contribution in [0.15, 0.2) is 42.3 Å². The lowest BCUT2D eigenvalue weighted by Crippen LogP contribution is -1.94. The summed E-state index contributed by atoms with van der Waals surface area (Å²) in [5, 5.41) is 1.24. The molecule has 58 valence electrons. The Bertz CT molecular complexity index is 256. The number of hydrogen-bond donors (Lipinski definition) is 0. The third-order valence-electron chi connectivity index (χ3n) is 1.06. The van der Waals surface area contributed by atoms with E-state index in [-0.39, 0.29) is 0 Å². The Morgan fingerprint density at radius 1 is 1.36 bits per heavy atom. The van der Waals surface area contributed by atoms with Crippen LogP contribution >= 0.6 is 0 Å². The molecule has 1 aromatic carbocycles. The summed E-state index contributed by atoms with van der Waals surface area (Å²) in [5.74, 6) is 0.589. The summed E-state index contributed by atoms with van der Waals surface area (Å²) in [5.41, 5.74) is 0. The summed E-state index contributed by atoms with van der Waals surface area (Å²) in [4.78, 5) is 0. The van der Waals surface area contributed by atoms with Crippen LogP contribution in [0.1, 0.15) is 0 Å². The summed E-state index contributed by atoms with van der Waals surface area (Å²) in [6.45, 7) is 3.33. The van der Waals surface area contributed by atoms with E-state index in [0.717, 1.165) is 0 Å². The van der Waals surface area contributed by atoms with Gasteiger partial charge in [-0.05, 0) is 12.1 Å². The molecule has 0 amide bonds. The predicted octanol–water partition coefficient (Wildman–Crippen LogP) is 1.87. The molecule has 0 aromatic heterocycles. The number of rotatable bonds is 3. The summed E-state index contributed by atoms with van der Waals surface area (Å²) in [6.07, 6.45) is 0. The molecule has 0 saturated carbocycles. The van der Waals surface area contributed by atoms with E-state index in [1.54, 1.807) is 12.1 Å². The maximum Gasteiger partial charge on any atom is 0.232 e. The number of benzene rings is 1. The van der Waals surface area contributed by atoms with Gasteiger partial charge in [-0.15, -0.1) is 0 Å². The fourth-order valence-corrected chi connectivity index (χ4v) is 0.974. The van der Waals surface area contributed by atoms with Crippen molar-refractivity contribution >= 4 is 11.1 Å². The minimum absolute atomic E-state index is 0.589. The van der Waals surface area contributed by atoms with Crippen LogP contribution in [0.3, 0.4) is 0 Å². The lowest BCUT2D eigenvalue weighted by Gasteiger charge is -1.98. The Morgan fingerprint density at radius 2 is 2.00 bits per heavy atom. The van der Waals surface area contributed by atoms with Crippen molar-refractivity contribution in [3.05, 3.63) is 42.3 Å². The van der Waals surface area contributed by atoms with E-state index in [9.17, 15) is 4.21 Å². The minimum Gasteiger partial charge on any atom is -0.397 e. The molecular weight excluding hydrogens is 160 g/mol. The molecule has 11 heavy (non-hydrogen) atoms. The van der Waals surface area contributed by atoms with E-state index in [1.165, 1.54) is 5.41 Å². The van der Waals surface area contributed by atoms with Crippen LogP contribution in [-0.4, -0.2) is 4.21 Å². The molecule has 0 saturated heterocycles. The topological polar surface area (TPSA) is 26.3 Å². The van der Waals surface area contributed by atoms with Crippen LogP contribution in [0.5, 0.6) is 5.75 Å². The molecule has 0 aliphatic heterocycles. The fourth-order valence-electron chi connectivity index (χ4n) is 0.605. The highest BCUT2D eigenvalue weighted by molar-refractivity contribution is 7.83. The van der Waals surface area contributed by atoms with Gasteiger partial charge in [0.25, 0.3) is 0 Å². The van der Waals surface area contributed by atoms with Crippen LogP contribution < -0.4 is 4.18 Å². The molecule has 1 unspecified atom stereocenters. The summed E-state index contributed by atoms with van der Waals surface area (Å²) in [6, 6.07) is 8.97. The molecule has 0 aliphatic carbocycles. The normalized spacial score (nSPS) is 12.0. The Labute approximate surface area is 68.2 Å². The molecule has 3 heteroatoms. The molecule has 0 heterocycles. The van der Waals surface area contributed by atoms with Gasteiger partial charge in [0.1, 0.15) is 5.75 Å². The van der Waals surface area contributed by atoms with Crippen molar-refractivity contribution in [1.82, 2.24) is 0 Å². The smallest absolute Gasteiger partial charge is 0.232 e. The van der Waals surface area contributed by atoms with Crippen molar-refractivity contribution in [3.63, 3.8) is 0 Å². The first-order valence-corrected chi connectivity index (χ1v) is 4.23. The van der Waals surface area contributed by atoms with Gasteiger partial charge in [-0.25, -0.2) is 4.21 Å². The summed E-state index contributed by atoms with van der Waals surface area (Å²) >= 11 is -1.41. The molecule has 0 bridgehead atoms. The molecule has 1 rings (SSSR count). The minimum atomic E-state index is -1.41. The van der Waals surface area contributed by atoms with Gasteiger partial charge in [-0.2, -0.15) is 0 Å². The molecule has 1 atom stereocenters. The second-order valence-electron chi connectivity index (χ2n) is 1.82. The second kappa shape index (κ2) is 3.93. The van der Waals surface area contributed by atoms with Crippen LogP contribution in [-0.2, 0) is 11.1 Å². The molecule has 0 radical (unpaired) electrons. The average Bonchev–Trinajstić information content (AvgIpc) is 2.06. The molecule has 0 N–H and O–H groups in total. The zero-order chi connectivity index (χ0) is 8.10. The highest BCUT2D eigenvalue weighted by atomic mass is 32.2. The Kier molecular flexibility index (Phi) is 2.86. The number of para-hydroxylation sites is 1. The van der Waals surface area contributed by atoms with E-state index in [4.69, 9.17) is 4.18 Å². The second-order valence-corrected chi connectivity index (χ2v) is 2.84. The monoisotopic (exact) mass is 168 g/mol. The SMILES string of the molecule is C=CS(=O)Oc1ccccc1. The van der Waals surface area contributed by atoms with E-state index < -0.39 is 11.1 Å². The van der Waals surface area contributed by atoms with Crippen molar-refractivity contribution in [2.45, 2.75) is 0 Å². The number of hydrogen-bond acceptors (Lipinski definition) is 2. The van der Waals surface area contributed by atoms with E-state index >= 15 is 0 Å². The molecule has 0 spiro atoms. The van der Waals surface area contributed by atoms with Crippen molar-refractivity contribution in [1.29, 1.82) is 0 Å². The van der Waals surface area contributed by atoms with Crippen molar-refractivity contribution in [3.8, 4) is 5.75 Å². The Morgan fingerprint density at radius 3 is 2.55 bits per heavy atom. The molecule has 0 aliphatic rings. The largest absolute Gasteiger partial charge is 0.397 e. The summed E-state index contributed by atoms with van der Waals surface area (Å²) in [7, 11) is 0. The van der Waals surface area contributed by atoms with Gasteiger partial charge in [-0.3, -0.25) is 0 Å². The van der Waals surface area contributed by atoms with Gasteiger partial charge in [0.2, 0.25) is 11.1 Å². The maximum atomic E-state index is 10.8. The molecule has 2 nitrogen and oxygen atoms in total. The standard InChI is InChI=1S/C8H8O2S/c1-2-11(9)10-8-6-4-3-5-7-8/h2-7H,1H2. The third-order valence-corrected chi connectivity index (χ3v) is 1.69. The fraction of sp³-hybridized carbons (Fsp3) is 0. The van der Waals surface area contributed by atoms with Crippen LogP contribution in [0, 0.1) is 0 Å². The predicted molar refractivity (Wildman–Crippen MR) is 45.4 cm³/mol. The quantitative estimate of drug-likeness (QED) is 0.688. The van der Waals surface area contributed by atoms with Crippen LogP contribution in [0.2, 0.25) is 0 Å². The van der Waals surface area contributed by atoms with Crippen molar-refractivity contribution < 1.29 is 8.39 Å². The van der Waals surface area contributed by atoms with Gasteiger partial charge in [0.05, 0.1) is 0 Å². The van der Waals surface area contributed by atoms with E-state index in [2.05, 4.69) is 6.58 Å².